The molecule has 2 rings (SSSR count). The van der Waals surface area contributed by atoms with Crippen LogP contribution in [0.4, 0.5) is 4.79 Å². The Morgan fingerprint density at radius 1 is 1.48 bits per heavy atom. The third-order valence-electron chi connectivity index (χ3n) is 3.44. The number of rotatable bonds is 7. The highest BCUT2D eigenvalue weighted by atomic mass is 32.1. The molecule has 0 aliphatic carbocycles. The Hall–Kier alpha value is -1.93. The molecular weight excluding hydrogens is 314 g/mol. The van der Waals surface area contributed by atoms with Gasteiger partial charge in [-0.15, -0.1) is 11.3 Å². The number of nitrogens with zero attached hydrogens (tertiary/aromatic N) is 3. The Balaban J connectivity index is 1.66. The minimum Gasteiger partial charge on any atom is -0.383 e. The number of hydrogen-bond donors (Lipinski definition) is 3. The van der Waals surface area contributed by atoms with Gasteiger partial charge in [0.2, 0.25) is 0 Å². The first kappa shape index (κ1) is 17.4. The average molecular weight is 337 g/mol. The van der Waals surface area contributed by atoms with Crippen LogP contribution in [-0.4, -0.2) is 39.0 Å². The van der Waals surface area contributed by atoms with Gasteiger partial charge in [-0.1, -0.05) is 0 Å². The highest BCUT2D eigenvalue weighted by molar-refractivity contribution is 7.09. The Bertz CT molecular complexity index is 650. The summed E-state index contributed by atoms with van der Waals surface area (Å²) >= 11 is 1.64. The minimum absolute atomic E-state index is 0.121. The molecule has 0 aliphatic heterocycles. The third-order valence-corrected chi connectivity index (χ3v) is 4.47. The van der Waals surface area contributed by atoms with Crippen molar-refractivity contribution in [2.75, 3.05) is 13.1 Å². The molecule has 0 unspecified atom stereocenters. The van der Waals surface area contributed by atoms with E-state index in [2.05, 4.69) is 20.7 Å². The van der Waals surface area contributed by atoms with Gasteiger partial charge in [0, 0.05) is 42.8 Å². The second-order valence-corrected chi connectivity index (χ2v) is 6.71. The number of hydrogen-bond acceptors (Lipinski definition) is 5. The zero-order valence-corrected chi connectivity index (χ0v) is 14.5. The molecule has 3 N–H and O–H groups in total. The van der Waals surface area contributed by atoms with E-state index >= 15 is 0 Å². The largest absolute Gasteiger partial charge is 0.383 e. The quantitative estimate of drug-likeness (QED) is 0.665. The van der Waals surface area contributed by atoms with Crippen LogP contribution in [-0.2, 0) is 19.1 Å². The van der Waals surface area contributed by atoms with Crippen molar-refractivity contribution in [3.63, 3.8) is 0 Å². The van der Waals surface area contributed by atoms with Crippen molar-refractivity contribution in [1.29, 1.82) is 0 Å². The summed E-state index contributed by atoms with van der Waals surface area (Å²) < 4.78 is 1.62. The van der Waals surface area contributed by atoms with Gasteiger partial charge in [-0.25, -0.2) is 9.78 Å². The Labute approximate surface area is 139 Å². The number of carbonyl (C=O) groups excluding carboxylic acids is 1. The Morgan fingerprint density at radius 3 is 2.87 bits per heavy atom. The predicted molar refractivity (Wildman–Crippen MR) is 89.4 cm³/mol. The monoisotopic (exact) mass is 337 g/mol. The maximum absolute atomic E-state index is 11.8. The molecule has 0 fully saturated rings. The molecule has 0 radical (unpaired) electrons. The van der Waals surface area contributed by atoms with Crippen LogP contribution in [0.2, 0.25) is 0 Å². The number of urea groups is 1. The summed E-state index contributed by atoms with van der Waals surface area (Å²) in [4.78, 5) is 16.2. The molecule has 0 saturated heterocycles. The van der Waals surface area contributed by atoms with Gasteiger partial charge < -0.3 is 15.7 Å². The molecule has 23 heavy (non-hydrogen) atoms. The van der Waals surface area contributed by atoms with E-state index in [1.54, 1.807) is 42.4 Å². The lowest BCUT2D eigenvalue weighted by atomic mass is 10.00. The normalized spacial score (nSPS) is 13.6. The van der Waals surface area contributed by atoms with E-state index < -0.39 is 5.60 Å². The number of thiazole rings is 1. The first-order valence-electron chi connectivity index (χ1n) is 7.51. The van der Waals surface area contributed by atoms with Crippen LogP contribution in [0, 0.1) is 6.92 Å². The van der Waals surface area contributed by atoms with E-state index in [-0.39, 0.29) is 12.6 Å². The van der Waals surface area contributed by atoms with Gasteiger partial charge in [-0.05, 0) is 20.3 Å². The first-order chi connectivity index (χ1) is 10.9. The van der Waals surface area contributed by atoms with Gasteiger partial charge >= 0.3 is 6.03 Å². The zero-order valence-electron chi connectivity index (χ0n) is 13.7. The van der Waals surface area contributed by atoms with Crippen LogP contribution in [0.25, 0.3) is 0 Å². The third kappa shape index (κ3) is 5.33. The summed E-state index contributed by atoms with van der Waals surface area (Å²) in [5.74, 6) is 0. The van der Waals surface area contributed by atoms with Crippen molar-refractivity contribution in [2.45, 2.75) is 32.3 Å². The summed E-state index contributed by atoms with van der Waals surface area (Å²) in [5.41, 5.74) is 0.553. The highest BCUT2D eigenvalue weighted by Gasteiger charge is 2.25. The van der Waals surface area contributed by atoms with E-state index in [9.17, 15) is 9.90 Å². The second-order valence-electron chi connectivity index (χ2n) is 5.77. The number of amides is 2. The van der Waals surface area contributed by atoms with Crippen LogP contribution < -0.4 is 10.6 Å². The van der Waals surface area contributed by atoms with Crippen LogP contribution in [0.3, 0.4) is 0 Å². The zero-order chi connectivity index (χ0) is 16.9. The topological polar surface area (TPSA) is 92.1 Å². The fourth-order valence-corrected chi connectivity index (χ4v) is 2.89. The summed E-state index contributed by atoms with van der Waals surface area (Å²) in [6.07, 6.45) is 5.01. The number of aryl methyl sites for hydroxylation is 3. The van der Waals surface area contributed by atoms with Crippen molar-refractivity contribution in [1.82, 2.24) is 25.4 Å². The molecule has 1 atom stereocenters. The number of aromatic nitrogens is 3. The minimum atomic E-state index is -1.15. The maximum Gasteiger partial charge on any atom is 0.314 e. The van der Waals surface area contributed by atoms with Crippen molar-refractivity contribution in [2.24, 2.45) is 7.05 Å². The predicted octanol–water partition coefficient (Wildman–Crippen LogP) is 1.32. The maximum atomic E-state index is 11.8. The Morgan fingerprint density at radius 2 is 2.26 bits per heavy atom. The van der Waals surface area contributed by atoms with E-state index in [0.717, 1.165) is 23.5 Å². The molecule has 0 bridgehead atoms. The van der Waals surface area contributed by atoms with Gasteiger partial charge in [0.25, 0.3) is 0 Å². The molecule has 2 aromatic heterocycles. The fraction of sp³-hybridized carbons (Fsp3) is 0.533. The SMILES string of the molecule is Cc1csc(CCCNC(=O)NC[C@](C)(O)c2cnn(C)c2)n1. The van der Waals surface area contributed by atoms with Crippen LogP contribution in [0.1, 0.15) is 29.6 Å². The molecule has 2 aromatic rings. The summed E-state index contributed by atoms with van der Waals surface area (Å²) in [6.45, 7) is 4.31. The molecule has 0 aromatic carbocycles. The lowest BCUT2D eigenvalue weighted by molar-refractivity contribution is 0.0593. The van der Waals surface area contributed by atoms with Crippen LogP contribution >= 0.6 is 11.3 Å². The van der Waals surface area contributed by atoms with E-state index in [4.69, 9.17) is 0 Å². The standard InChI is InChI=1S/C15H23N5O2S/c1-11-9-23-13(19-11)5-4-6-16-14(21)17-10-15(2,22)12-7-18-20(3)8-12/h7-9,22H,4-6,10H2,1-3H3,(H2,16,17,21)/t15-/m0/s1. The van der Waals surface area contributed by atoms with Gasteiger partial charge in [0.15, 0.2) is 0 Å². The fourth-order valence-electron chi connectivity index (χ4n) is 2.08. The number of aliphatic hydroxyl groups is 1. The summed E-state index contributed by atoms with van der Waals surface area (Å²) in [5, 5.41) is 23.0. The lowest BCUT2D eigenvalue weighted by Gasteiger charge is -2.22. The van der Waals surface area contributed by atoms with E-state index in [0.29, 0.717) is 12.1 Å². The molecule has 0 spiro atoms. The molecule has 7 nitrogen and oxygen atoms in total. The smallest absolute Gasteiger partial charge is 0.314 e. The summed E-state index contributed by atoms with van der Waals surface area (Å²) in [7, 11) is 1.78. The molecule has 8 heteroatoms. The second kappa shape index (κ2) is 7.56. The molecular formula is C15H23N5O2S. The van der Waals surface area contributed by atoms with Crippen molar-refractivity contribution >= 4 is 17.4 Å². The van der Waals surface area contributed by atoms with Crippen LogP contribution in [0.15, 0.2) is 17.8 Å². The van der Waals surface area contributed by atoms with Crippen LogP contribution in [0.5, 0.6) is 0 Å². The summed E-state index contributed by atoms with van der Waals surface area (Å²) in [6, 6.07) is -0.288. The van der Waals surface area contributed by atoms with Crippen molar-refractivity contribution in [3.05, 3.63) is 34.0 Å². The van der Waals surface area contributed by atoms with E-state index in [1.165, 1.54) is 0 Å². The highest BCUT2D eigenvalue weighted by Crippen LogP contribution is 2.18. The first-order valence-corrected chi connectivity index (χ1v) is 8.39. The van der Waals surface area contributed by atoms with Gasteiger partial charge in [0.1, 0.15) is 5.60 Å². The van der Waals surface area contributed by atoms with Gasteiger partial charge in [0.05, 0.1) is 17.7 Å². The Kier molecular flexibility index (Phi) is 5.73. The molecule has 0 saturated carbocycles. The molecule has 2 heterocycles. The van der Waals surface area contributed by atoms with Gasteiger partial charge in [-0.3, -0.25) is 4.68 Å². The van der Waals surface area contributed by atoms with Crippen molar-refractivity contribution < 1.29 is 9.90 Å². The number of carbonyl (C=O) groups is 1. The van der Waals surface area contributed by atoms with Gasteiger partial charge in [-0.2, -0.15) is 5.10 Å². The van der Waals surface area contributed by atoms with E-state index in [1.807, 2.05) is 12.3 Å². The van der Waals surface area contributed by atoms with Crippen molar-refractivity contribution in [3.8, 4) is 0 Å². The molecule has 0 aliphatic rings. The number of nitrogens with one attached hydrogen (secondary N) is 2. The average Bonchev–Trinajstić information content (AvgIpc) is 3.10. The lowest BCUT2D eigenvalue weighted by Crippen LogP contribution is -2.43. The molecule has 126 valence electrons. The molecule has 2 amide bonds.